The molecule has 4 saturated carbocycles. The number of rotatable bonds is 10. The van der Waals surface area contributed by atoms with E-state index in [1.165, 1.54) is 6.92 Å². The Balaban J connectivity index is 1.01. The number of carboxylic acids is 1. The number of carbonyl (C=O) groups is 2. The van der Waals surface area contributed by atoms with E-state index in [1.54, 1.807) is 0 Å². The SMILES string of the molecule is CC1OC(OC2C(OC(=O)C34CCC(C)(C)CC3C3=CCC5C6(C)CCC(OC7OC(C(=O)O)C(O)C(O)C7O)C(C)(C)C6CCC5(C)C3(C)CC4O)OCC(O)C2OC2OC(CO)C(O)C(O)C2O)C(O)C(O)C1O. The summed E-state index contributed by atoms with van der Waals surface area (Å²) in [5.74, 6) is -2.71. The molecule has 0 amide bonds. The molecule has 13 N–H and O–H groups in total. The van der Waals surface area contributed by atoms with Crippen LogP contribution >= 0.6 is 0 Å². The van der Waals surface area contributed by atoms with Crippen molar-refractivity contribution in [2.75, 3.05) is 13.2 Å². The second kappa shape index (κ2) is 20.7. The quantitative estimate of drug-likeness (QED) is 0.0686. The molecule has 4 aliphatic heterocycles. The van der Waals surface area contributed by atoms with Crippen molar-refractivity contribution in [2.24, 2.45) is 50.2 Å². The molecule has 5 aliphatic carbocycles. The van der Waals surface area contributed by atoms with Crippen LogP contribution in [0.2, 0.25) is 0 Å². The molecule has 4 saturated heterocycles. The number of esters is 1. The molecular weight excluding hydrogens is 1000 g/mol. The Morgan fingerprint density at radius 2 is 1.25 bits per heavy atom. The predicted octanol–water partition coefficient (Wildman–Crippen LogP) is -1.31. The number of carboxylic acid groups (broad SMARTS) is 1. The summed E-state index contributed by atoms with van der Waals surface area (Å²) < 4.78 is 48.1. The van der Waals surface area contributed by atoms with Crippen LogP contribution in [0.1, 0.15) is 113 Å². The van der Waals surface area contributed by atoms with Crippen LogP contribution in [0.4, 0.5) is 0 Å². The van der Waals surface area contributed by atoms with Gasteiger partial charge in [-0.2, -0.15) is 0 Å². The summed E-state index contributed by atoms with van der Waals surface area (Å²) >= 11 is 0. The van der Waals surface area contributed by atoms with E-state index >= 15 is 4.79 Å². The Morgan fingerprint density at radius 3 is 1.89 bits per heavy atom. The summed E-state index contributed by atoms with van der Waals surface area (Å²) in [6, 6.07) is 0. The summed E-state index contributed by atoms with van der Waals surface area (Å²) in [4.78, 5) is 27.5. The first-order valence-corrected chi connectivity index (χ1v) is 27.2. The van der Waals surface area contributed by atoms with Gasteiger partial charge >= 0.3 is 11.9 Å². The maximum atomic E-state index is 15.6. The van der Waals surface area contributed by atoms with Gasteiger partial charge in [-0.1, -0.05) is 60.1 Å². The fraction of sp³-hybridized carbons (Fsp3) is 0.925. The zero-order valence-corrected chi connectivity index (χ0v) is 44.6. The van der Waals surface area contributed by atoms with Crippen LogP contribution in [0.5, 0.6) is 0 Å². The van der Waals surface area contributed by atoms with E-state index in [4.69, 9.17) is 37.9 Å². The van der Waals surface area contributed by atoms with Crippen molar-refractivity contribution in [3.63, 3.8) is 0 Å². The van der Waals surface area contributed by atoms with Gasteiger partial charge in [-0.05, 0) is 110 Å². The molecule has 8 fully saturated rings. The second-order valence-corrected chi connectivity index (χ2v) is 25.9. The number of hydrogen-bond donors (Lipinski definition) is 13. The van der Waals surface area contributed by atoms with Crippen LogP contribution in [-0.4, -0.2) is 220 Å². The van der Waals surface area contributed by atoms with Gasteiger partial charge in [0, 0.05) is 0 Å². The third-order valence-electron chi connectivity index (χ3n) is 21.0. The zero-order valence-electron chi connectivity index (χ0n) is 44.6. The first-order valence-electron chi connectivity index (χ1n) is 27.2. The minimum atomic E-state index is -1.93. The zero-order chi connectivity index (χ0) is 55.7. The van der Waals surface area contributed by atoms with E-state index in [9.17, 15) is 71.2 Å². The summed E-state index contributed by atoms with van der Waals surface area (Å²) in [7, 11) is 0. The molecule has 23 heteroatoms. The van der Waals surface area contributed by atoms with Crippen LogP contribution in [0, 0.1) is 50.2 Å². The molecule has 76 heavy (non-hydrogen) atoms. The van der Waals surface area contributed by atoms with E-state index < -0.39 is 182 Å². The molecule has 23 nitrogen and oxygen atoms in total. The topological polar surface area (TPSA) is 371 Å². The third kappa shape index (κ3) is 9.23. The number of fused-ring (bicyclic) bond motifs is 7. The number of allylic oxidation sites excluding steroid dienone is 2. The van der Waals surface area contributed by atoms with Gasteiger partial charge in [0.05, 0.1) is 31.5 Å². The van der Waals surface area contributed by atoms with Crippen LogP contribution in [0.15, 0.2) is 11.6 Å². The lowest BCUT2D eigenvalue weighted by Gasteiger charge is -2.71. The molecule has 0 aromatic heterocycles. The molecule has 0 spiro atoms. The first-order chi connectivity index (χ1) is 35.4. The van der Waals surface area contributed by atoms with Gasteiger partial charge in [0.25, 0.3) is 0 Å². The number of ether oxygens (including phenoxy) is 8. The predicted molar refractivity (Wildman–Crippen MR) is 257 cm³/mol. The second-order valence-electron chi connectivity index (χ2n) is 25.9. The van der Waals surface area contributed by atoms with Crippen LogP contribution < -0.4 is 0 Å². The van der Waals surface area contributed by atoms with Crippen molar-refractivity contribution in [1.82, 2.24) is 0 Å². The van der Waals surface area contributed by atoms with Gasteiger partial charge in [0.2, 0.25) is 6.29 Å². The van der Waals surface area contributed by atoms with Crippen molar-refractivity contribution >= 4 is 11.9 Å². The highest BCUT2D eigenvalue weighted by Gasteiger charge is 2.72. The molecular formula is C53H84O23. The molecule has 0 radical (unpaired) electrons. The normalized spacial score (nSPS) is 53.9. The third-order valence-corrected chi connectivity index (χ3v) is 21.0. The maximum Gasteiger partial charge on any atom is 0.335 e. The van der Waals surface area contributed by atoms with E-state index in [-0.39, 0.29) is 35.5 Å². The average Bonchev–Trinajstić information content (AvgIpc) is 3.43. The molecule has 9 rings (SSSR count). The number of aliphatic carboxylic acids is 1. The van der Waals surface area contributed by atoms with Gasteiger partial charge < -0.3 is 104 Å². The molecule has 434 valence electrons. The van der Waals surface area contributed by atoms with Crippen molar-refractivity contribution < 1.29 is 114 Å². The molecule has 28 atom stereocenters. The summed E-state index contributed by atoms with van der Waals surface area (Å²) in [5, 5.41) is 140. The largest absolute Gasteiger partial charge is 0.479 e. The minimum absolute atomic E-state index is 0.0624. The summed E-state index contributed by atoms with van der Waals surface area (Å²) in [5.41, 5.74) is -2.65. The monoisotopic (exact) mass is 1090 g/mol. The lowest BCUT2D eigenvalue weighted by Crippen LogP contribution is -2.68. The van der Waals surface area contributed by atoms with E-state index in [0.29, 0.717) is 32.1 Å². The van der Waals surface area contributed by atoms with Gasteiger partial charge in [0.15, 0.2) is 31.1 Å². The fourth-order valence-electron chi connectivity index (χ4n) is 16.3. The summed E-state index contributed by atoms with van der Waals surface area (Å²) in [6.45, 7) is 15.3. The van der Waals surface area contributed by atoms with E-state index in [0.717, 1.165) is 18.4 Å². The molecule has 28 unspecified atom stereocenters. The number of carbonyl (C=O) groups excluding carboxylic acids is 1. The lowest BCUT2D eigenvalue weighted by atomic mass is 9.33. The average molecular weight is 1090 g/mol. The highest BCUT2D eigenvalue weighted by molar-refractivity contribution is 5.80. The lowest BCUT2D eigenvalue weighted by molar-refractivity contribution is -0.378. The van der Waals surface area contributed by atoms with Gasteiger partial charge in [-0.3, -0.25) is 4.79 Å². The number of aliphatic hydroxyl groups is 12. The van der Waals surface area contributed by atoms with E-state index in [1.807, 2.05) is 0 Å². The molecule has 0 bridgehead atoms. The highest BCUT2D eigenvalue weighted by atomic mass is 16.8. The maximum absolute atomic E-state index is 15.6. The van der Waals surface area contributed by atoms with E-state index in [2.05, 4.69) is 54.5 Å². The van der Waals surface area contributed by atoms with Crippen molar-refractivity contribution in [3.8, 4) is 0 Å². The van der Waals surface area contributed by atoms with Crippen molar-refractivity contribution in [1.29, 1.82) is 0 Å². The summed E-state index contributed by atoms with van der Waals surface area (Å²) in [6.07, 6.45) is -27.0. The Morgan fingerprint density at radius 1 is 0.645 bits per heavy atom. The van der Waals surface area contributed by atoms with Crippen LogP contribution in [0.25, 0.3) is 0 Å². The Hall–Kier alpha value is -2.08. The number of aliphatic hydroxyl groups excluding tert-OH is 12. The fourth-order valence-corrected chi connectivity index (χ4v) is 16.3. The molecule has 0 aromatic rings. The molecule has 9 aliphatic rings. The minimum Gasteiger partial charge on any atom is -0.479 e. The Kier molecular flexibility index (Phi) is 16.0. The highest BCUT2D eigenvalue weighted by Crippen LogP contribution is 2.76. The van der Waals surface area contributed by atoms with Crippen LogP contribution in [-0.2, 0) is 47.5 Å². The first kappa shape index (κ1) is 58.6. The number of hydrogen-bond acceptors (Lipinski definition) is 22. The van der Waals surface area contributed by atoms with Gasteiger partial charge in [-0.15, -0.1) is 0 Å². The van der Waals surface area contributed by atoms with Crippen molar-refractivity contribution in [2.45, 2.75) is 242 Å². The van der Waals surface area contributed by atoms with Crippen molar-refractivity contribution in [3.05, 3.63) is 11.6 Å². The Labute approximate surface area is 442 Å². The van der Waals surface area contributed by atoms with Gasteiger partial charge in [-0.25, -0.2) is 4.79 Å². The molecule has 4 heterocycles. The Bertz CT molecular complexity index is 2160. The smallest absolute Gasteiger partial charge is 0.335 e. The molecule has 0 aromatic carbocycles. The standard InChI is InChI=1S/C53H84O23/c1-21-30(57)32(59)36(63)43(70-21)75-41-39(73-44-37(64)33(60)31(58)25(19-54)71-44)24(55)20-69-46(41)76-47(68)53-16-15-48(2,3)17-23(53)22-9-10-27-50(6)13-12-29(72-45-38(65)34(61)35(62)40(74-45)42(66)67)49(4,5)26(50)11-14-51(27,7)52(22,8)18-28(53)56/h9,21,23-41,43-46,54-65H,10-20H2,1-8H3,(H,66,67). The van der Waals surface area contributed by atoms with Gasteiger partial charge in [0.1, 0.15) is 78.7 Å². The van der Waals surface area contributed by atoms with Crippen LogP contribution in [0.3, 0.4) is 0 Å².